The fourth-order valence-corrected chi connectivity index (χ4v) is 6.19. The number of aryl methyl sites for hydroxylation is 3. The Morgan fingerprint density at radius 2 is 1.65 bits per heavy atom. The lowest BCUT2D eigenvalue weighted by molar-refractivity contribution is -0.192. The molecule has 0 unspecified atom stereocenters. The quantitative estimate of drug-likeness (QED) is 0.126. The van der Waals surface area contributed by atoms with E-state index in [-0.39, 0.29) is 17.9 Å². The SMILES string of the molecule is Cn1ccc2c(NC(=O)N3CCC(C(=O)Nc4ccc5cc4CCc4cccc(c4)Nc4ncc(Cl)c(n4)N5)CC3)cccc21.O=C(O)C(F)(F)F. The molecule has 5 aromatic rings. The topological polar surface area (TPSA) is 154 Å². The number of carboxylic acid groups (broad SMARTS) is 1. The predicted molar refractivity (Wildman–Crippen MR) is 192 cm³/mol. The van der Waals surface area contributed by atoms with Crippen molar-refractivity contribution >= 4 is 74.9 Å². The Labute approximate surface area is 301 Å². The summed E-state index contributed by atoms with van der Waals surface area (Å²) in [6, 6.07) is 21.7. The van der Waals surface area contributed by atoms with Gasteiger partial charge in [0, 0.05) is 60.2 Å². The van der Waals surface area contributed by atoms with Gasteiger partial charge in [0.1, 0.15) is 5.02 Å². The van der Waals surface area contributed by atoms with Gasteiger partial charge >= 0.3 is 18.2 Å². The number of benzene rings is 3. The lowest BCUT2D eigenvalue weighted by Crippen LogP contribution is -2.43. The highest BCUT2D eigenvalue weighted by Crippen LogP contribution is 2.31. The fourth-order valence-electron chi connectivity index (χ4n) is 6.05. The van der Waals surface area contributed by atoms with Crippen LogP contribution in [0.2, 0.25) is 5.02 Å². The molecule has 3 aromatic carbocycles. The summed E-state index contributed by atoms with van der Waals surface area (Å²) in [5, 5.41) is 21.3. The van der Waals surface area contributed by atoms with E-state index < -0.39 is 12.1 Å². The fraction of sp³-hybridized carbons (Fsp3) is 0.250. The molecule has 52 heavy (non-hydrogen) atoms. The third-order valence-corrected chi connectivity index (χ3v) is 9.08. The predicted octanol–water partition coefficient (Wildman–Crippen LogP) is 7.72. The molecule has 3 amide bonds. The molecule has 12 nitrogen and oxygen atoms in total. The molecule has 1 fully saturated rings. The van der Waals surface area contributed by atoms with Crippen molar-refractivity contribution in [3.05, 3.63) is 95.3 Å². The number of hydrogen-bond donors (Lipinski definition) is 5. The van der Waals surface area contributed by atoms with Crippen LogP contribution in [0.5, 0.6) is 0 Å². The van der Waals surface area contributed by atoms with Gasteiger partial charge in [0.05, 0.1) is 11.9 Å². The second-order valence-corrected chi connectivity index (χ2v) is 12.8. The summed E-state index contributed by atoms with van der Waals surface area (Å²) in [4.78, 5) is 46.2. The minimum absolute atomic E-state index is 0.0290. The molecule has 16 heteroatoms. The number of alkyl halides is 3. The van der Waals surface area contributed by atoms with Crippen LogP contribution in [0.15, 0.2) is 79.1 Å². The van der Waals surface area contributed by atoms with Gasteiger partial charge in [-0.15, -0.1) is 0 Å². The summed E-state index contributed by atoms with van der Waals surface area (Å²) in [6.07, 6.45) is 1.16. The maximum Gasteiger partial charge on any atom is 0.490 e. The van der Waals surface area contributed by atoms with E-state index in [0.717, 1.165) is 57.6 Å². The van der Waals surface area contributed by atoms with Gasteiger partial charge in [-0.1, -0.05) is 29.8 Å². The minimum atomic E-state index is -5.08. The molecule has 7 rings (SSSR count). The molecule has 0 radical (unpaired) electrons. The number of carboxylic acids is 1. The molecule has 1 saturated heterocycles. The number of aliphatic carboxylic acids is 1. The number of carbonyl (C=O) groups excluding carboxylic acids is 2. The number of likely N-dealkylation sites (tertiary alicyclic amines) is 1. The Bertz CT molecular complexity index is 2130. The van der Waals surface area contributed by atoms with E-state index >= 15 is 0 Å². The van der Waals surface area contributed by atoms with Crippen molar-refractivity contribution < 1.29 is 32.7 Å². The van der Waals surface area contributed by atoms with Crippen LogP contribution in [0.25, 0.3) is 10.9 Å². The van der Waals surface area contributed by atoms with Crippen LogP contribution < -0.4 is 21.3 Å². The van der Waals surface area contributed by atoms with Gasteiger partial charge in [-0.25, -0.2) is 14.6 Å². The zero-order valence-corrected chi connectivity index (χ0v) is 28.6. The Kier molecular flexibility index (Phi) is 10.5. The van der Waals surface area contributed by atoms with E-state index in [1.165, 1.54) is 0 Å². The first kappa shape index (κ1) is 36.0. The third kappa shape index (κ3) is 8.54. The van der Waals surface area contributed by atoms with Gasteiger partial charge in [0.25, 0.3) is 0 Å². The van der Waals surface area contributed by atoms with Crippen LogP contribution in [0.1, 0.15) is 24.0 Å². The molecule has 270 valence electrons. The van der Waals surface area contributed by atoms with Crippen LogP contribution in [-0.2, 0) is 29.5 Å². The number of urea groups is 1. The second kappa shape index (κ2) is 15.2. The lowest BCUT2D eigenvalue weighted by Gasteiger charge is -2.31. The number of aromatic nitrogens is 3. The largest absolute Gasteiger partial charge is 0.490 e. The summed E-state index contributed by atoms with van der Waals surface area (Å²) < 4.78 is 33.8. The van der Waals surface area contributed by atoms with Crippen LogP contribution in [0.3, 0.4) is 0 Å². The maximum atomic E-state index is 13.5. The highest BCUT2D eigenvalue weighted by atomic mass is 35.5. The van der Waals surface area contributed by atoms with Crippen molar-refractivity contribution in [3.8, 4) is 0 Å². The molecule has 0 aliphatic carbocycles. The average molecular weight is 735 g/mol. The van der Waals surface area contributed by atoms with Crippen molar-refractivity contribution in [2.75, 3.05) is 34.4 Å². The monoisotopic (exact) mass is 734 g/mol. The van der Waals surface area contributed by atoms with Crippen molar-refractivity contribution in [2.24, 2.45) is 13.0 Å². The Morgan fingerprint density at radius 1 is 0.923 bits per heavy atom. The van der Waals surface area contributed by atoms with Crippen molar-refractivity contribution in [2.45, 2.75) is 31.9 Å². The third-order valence-electron chi connectivity index (χ3n) is 8.80. The van der Waals surface area contributed by atoms with E-state index in [4.69, 9.17) is 21.5 Å². The second-order valence-electron chi connectivity index (χ2n) is 12.4. The van der Waals surface area contributed by atoms with E-state index in [1.54, 1.807) is 11.1 Å². The number of carbonyl (C=O) groups is 3. The number of anilines is 6. The van der Waals surface area contributed by atoms with Gasteiger partial charge < -0.3 is 35.8 Å². The van der Waals surface area contributed by atoms with Crippen molar-refractivity contribution in [3.63, 3.8) is 0 Å². The van der Waals surface area contributed by atoms with Gasteiger partial charge in [-0.3, -0.25) is 4.79 Å². The van der Waals surface area contributed by atoms with Crippen molar-refractivity contribution in [1.29, 1.82) is 0 Å². The molecule has 2 aliphatic heterocycles. The first-order valence-electron chi connectivity index (χ1n) is 16.3. The smallest absolute Gasteiger partial charge is 0.475 e. The van der Waals surface area contributed by atoms with Crippen LogP contribution in [0, 0.1) is 5.92 Å². The highest BCUT2D eigenvalue weighted by molar-refractivity contribution is 6.32. The molecular formula is C36H34ClF3N8O4. The number of halogens is 4. The number of amides is 3. The molecule has 0 saturated carbocycles. The zero-order chi connectivity index (χ0) is 37.0. The molecule has 5 N–H and O–H groups in total. The van der Waals surface area contributed by atoms with Gasteiger partial charge in [-0.05, 0) is 85.3 Å². The zero-order valence-electron chi connectivity index (χ0n) is 27.8. The maximum absolute atomic E-state index is 13.5. The van der Waals surface area contributed by atoms with E-state index in [2.05, 4.69) is 43.4 Å². The lowest BCUT2D eigenvalue weighted by atomic mass is 9.95. The summed E-state index contributed by atoms with van der Waals surface area (Å²) in [7, 11) is 1.98. The number of nitrogens with one attached hydrogen (secondary N) is 4. The summed E-state index contributed by atoms with van der Waals surface area (Å²) in [5.41, 5.74) is 6.48. The first-order chi connectivity index (χ1) is 24.8. The van der Waals surface area contributed by atoms with Crippen LogP contribution in [0.4, 0.5) is 52.5 Å². The summed E-state index contributed by atoms with van der Waals surface area (Å²) in [6.45, 7) is 1.02. The standard InChI is InChI=1S/C34H33ClN8O2.C2HF3O2/c1-42-15-14-26-29(6-3-7-30(26)42)40-34(45)43-16-12-22(13-17-43)32(44)39-28-11-10-25-19-23(28)9-8-21-4-2-5-24(18-21)38-33-36-20-27(35)31(37-25)41-33;3-2(4,5)1(6)7/h2-7,10-11,14-15,18-20,22H,8-9,12-13,16-17H2,1H3,(H,39,44)(H,40,45)(H2,36,37,38,41);(H,6,7). The van der Waals surface area contributed by atoms with Crippen LogP contribution in [-0.4, -0.2) is 61.7 Å². The molecular weight excluding hydrogens is 701 g/mol. The molecule has 0 atom stereocenters. The first-order valence-corrected chi connectivity index (χ1v) is 16.7. The highest BCUT2D eigenvalue weighted by Gasteiger charge is 2.38. The van der Waals surface area contributed by atoms with Gasteiger partial charge in [-0.2, -0.15) is 18.2 Å². The number of piperidine rings is 1. The normalized spacial score (nSPS) is 14.3. The van der Waals surface area contributed by atoms with E-state index in [0.29, 0.717) is 42.7 Å². The number of rotatable bonds is 3. The summed E-state index contributed by atoms with van der Waals surface area (Å²) in [5.74, 6) is -2.04. The molecule has 6 bridgehead atoms. The van der Waals surface area contributed by atoms with E-state index in [1.807, 2.05) is 72.4 Å². The van der Waals surface area contributed by atoms with Gasteiger partial charge in [0.2, 0.25) is 11.9 Å². The van der Waals surface area contributed by atoms with Crippen LogP contribution >= 0.6 is 11.6 Å². The minimum Gasteiger partial charge on any atom is -0.475 e. The molecule has 2 aliphatic rings. The molecule has 2 aromatic heterocycles. The van der Waals surface area contributed by atoms with Gasteiger partial charge in [0.15, 0.2) is 5.82 Å². The summed E-state index contributed by atoms with van der Waals surface area (Å²) >= 11 is 6.41. The molecule has 0 spiro atoms. The Balaban J connectivity index is 0.000000604. The number of hydrogen-bond acceptors (Lipinski definition) is 7. The van der Waals surface area contributed by atoms with Crippen molar-refractivity contribution in [1.82, 2.24) is 19.4 Å². The number of fused-ring (bicyclic) bond motifs is 7. The number of nitrogens with zero attached hydrogens (tertiary/aromatic N) is 4. The van der Waals surface area contributed by atoms with E-state index in [9.17, 15) is 22.8 Å². The Morgan fingerprint density at radius 3 is 2.40 bits per heavy atom. The average Bonchev–Trinajstić information content (AvgIpc) is 3.50. The Hall–Kier alpha value is -5.83. The molecule has 4 heterocycles.